The second-order valence-electron chi connectivity index (χ2n) is 3.57. The summed E-state index contributed by atoms with van der Waals surface area (Å²) in [5.74, 6) is 0. The van der Waals surface area contributed by atoms with Crippen LogP contribution in [0.4, 0.5) is 0 Å². The zero-order chi connectivity index (χ0) is 13.5. The highest BCUT2D eigenvalue weighted by atomic mass is 15.3. The third kappa shape index (κ3) is 2.86. The standard InChI is InChI=1S/C13H11N3.C2H6/c1-10(2)11-4-5-12(9-14)13(8-11)16-7-3-6-15-16;1-2/h3-8H,1H2,2H3;1-2H3. The zero-order valence-corrected chi connectivity index (χ0v) is 11.0. The predicted octanol–water partition coefficient (Wildman–Crippen LogP) is 3.80. The molecule has 92 valence electrons. The fraction of sp³-hybridized carbons (Fsp3) is 0.200. The van der Waals surface area contributed by atoms with Gasteiger partial charge in [0.2, 0.25) is 0 Å². The minimum absolute atomic E-state index is 0.605. The van der Waals surface area contributed by atoms with Crippen molar-refractivity contribution in [1.29, 1.82) is 5.26 Å². The molecule has 0 aliphatic carbocycles. The first-order valence-corrected chi connectivity index (χ1v) is 5.92. The predicted molar refractivity (Wildman–Crippen MR) is 74.3 cm³/mol. The van der Waals surface area contributed by atoms with Crippen LogP contribution in [0.1, 0.15) is 31.9 Å². The Morgan fingerprint density at radius 1 is 1.39 bits per heavy atom. The first-order valence-electron chi connectivity index (χ1n) is 5.92. The maximum Gasteiger partial charge on any atom is 0.101 e. The Kier molecular flexibility index (Phi) is 4.89. The molecule has 2 aromatic rings. The van der Waals surface area contributed by atoms with Gasteiger partial charge in [0.05, 0.1) is 11.3 Å². The van der Waals surface area contributed by atoms with Gasteiger partial charge in [-0.3, -0.25) is 0 Å². The molecule has 0 saturated carbocycles. The molecule has 0 fully saturated rings. The van der Waals surface area contributed by atoms with Gasteiger partial charge in [-0.25, -0.2) is 4.68 Å². The zero-order valence-electron chi connectivity index (χ0n) is 11.0. The lowest BCUT2D eigenvalue weighted by atomic mass is 10.1. The molecule has 0 unspecified atom stereocenters. The van der Waals surface area contributed by atoms with Crippen LogP contribution in [0, 0.1) is 11.3 Å². The highest BCUT2D eigenvalue weighted by Gasteiger charge is 2.06. The monoisotopic (exact) mass is 239 g/mol. The molecule has 0 aliphatic rings. The summed E-state index contributed by atoms with van der Waals surface area (Å²) in [6.45, 7) is 9.83. The summed E-state index contributed by atoms with van der Waals surface area (Å²) < 4.78 is 1.69. The lowest BCUT2D eigenvalue weighted by Crippen LogP contribution is -1.98. The molecular weight excluding hydrogens is 222 g/mol. The number of aromatic nitrogens is 2. The van der Waals surface area contributed by atoms with Crippen molar-refractivity contribution in [2.45, 2.75) is 20.8 Å². The minimum atomic E-state index is 0.605. The van der Waals surface area contributed by atoms with Crippen molar-refractivity contribution in [2.75, 3.05) is 0 Å². The van der Waals surface area contributed by atoms with E-state index in [2.05, 4.69) is 17.7 Å². The lowest BCUT2D eigenvalue weighted by Gasteiger charge is -2.07. The molecular formula is C15H17N3. The van der Waals surface area contributed by atoms with Crippen LogP contribution in [-0.4, -0.2) is 9.78 Å². The molecule has 0 aliphatic heterocycles. The van der Waals surface area contributed by atoms with Gasteiger partial charge in [-0.15, -0.1) is 0 Å². The van der Waals surface area contributed by atoms with E-state index in [-0.39, 0.29) is 0 Å². The van der Waals surface area contributed by atoms with Gasteiger partial charge in [-0.05, 0) is 30.7 Å². The molecule has 3 nitrogen and oxygen atoms in total. The van der Waals surface area contributed by atoms with Crippen molar-refractivity contribution in [3.05, 3.63) is 54.4 Å². The number of nitrogens with zero attached hydrogens (tertiary/aromatic N) is 3. The Labute approximate surface area is 108 Å². The molecule has 0 spiro atoms. The van der Waals surface area contributed by atoms with E-state index >= 15 is 0 Å². The van der Waals surface area contributed by atoms with Gasteiger partial charge in [0.1, 0.15) is 6.07 Å². The van der Waals surface area contributed by atoms with E-state index in [1.165, 1.54) is 0 Å². The number of hydrogen-bond donors (Lipinski definition) is 0. The van der Waals surface area contributed by atoms with Crippen molar-refractivity contribution in [3.8, 4) is 11.8 Å². The van der Waals surface area contributed by atoms with Gasteiger partial charge < -0.3 is 0 Å². The van der Waals surface area contributed by atoms with Gasteiger partial charge in [-0.1, -0.05) is 32.1 Å². The maximum atomic E-state index is 9.03. The molecule has 0 atom stereocenters. The number of benzene rings is 1. The second kappa shape index (κ2) is 6.41. The molecule has 1 aromatic heterocycles. The summed E-state index contributed by atoms with van der Waals surface area (Å²) in [7, 11) is 0. The van der Waals surface area contributed by atoms with E-state index in [9.17, 15) is 0 Å². The highest BCUT2D eigenvalue weighted by molar-refractivity contribution is 5.66. The SMILES string of the molecule is C=C(C)c1ccc(C#N)c(-n2cccn2)c1.CC. The average molecular weight is 239 g/mol. The Bertz CT molecular complexity index is 560. The molecule has 1 heterocycles. The summed E-state index contributed by atoms with van der Waals surface area (Å²) >= 11 is 0. The van der Waals surface area contributed by atoms with E-state index in [1.54, 1.807) is 16.9 Å². The largest absolute Gasteiger partial charge is 0.240 e. The van der Waals surface area contributed by atoms with Gasteiger partial charge in [-0.2, -0.15) is 10.4 Å². The van der Waals surface area contributed by atoms with E-state index in [4.69, 9.17) is 5.26 Å². The topological polar surface area (TPSA) is 41.6 Å². The van der Waals surface area contributed by atoms with Crippen LogP contribution in [0.2, 0.25) is 0 Å². The molecule has 0 saturated heterocycles. The molecule has 18 heavy (non-hydrogen) atoms. The van der Waals surface area contributed by atoms with E-state index in [1.807, 2.05) is 45.2 Å². The van der Waals surface area contributed by atoms with Crippen LogP contribution in [0.25, 0.3) is 11.3 Å². The fourth-order valence-corrected chi connectivity index (χ4v) is 1.49. The lowest BCUT2D eigenvalue weighted by molar-refractivity contribution is 0.877. The van der Waals surface area contributed by atoms with Crippen LogP contribution in [-0.2, 0) is 0 Å². The van der Waals surface area contributed by atoms with Gasteiger partial charge in [0.15, 0.2) is 0 Å². The summed E-state index contributed by atoms with van der Waals surface area (Å²) in [6, 6.07) is 9.60. The summed E-state index contributed by atoms with van der Waals surface area (Å²) in [4.78, 5) is 0. The molecule has 0 radical (unpaired) electrons. The Hall–Kier alpha value is -2.34. The summed E-state index contributed by atoms with van der Waals surface area (Å²) in [6.07, 6.45) is 3.51. The van der Waals surface area contributed by atoms with Crippen LogP contribution in [0.15, 0.2) is 43.2 Å². The van der Waals surface area contributed by atoms with E-state index in [0.717, 1.165) is 16.8 Å². The van der Waals surface area contributed by atoms with Crippen LogP contribution < -0.4 is 0 Å². The molecule has 3 heteroatoms. The number of nitriles is 1. The Morgan fingerprint density at radius 2 is 2.11 bits per heavy atom. The van der Waals surface area contributed by atoms with Crippen molar-refractivity contribution < 1.29 is 0 Å². The summed E-state index contributed by atoms with van der Waals surface area (Å²) in [5.41, 5.74) is 3.38. The molecule has 2 rings (SSSR count). The Balaban J connectivity index is 0.000000771. The van der Waals surface area contributed by atoms with Gasteiger partial charge in [0, 0.05) is 12.4 Å². The first-order chi connectivity index (χ1) is 8.72. The molecule has 0 amide bonds. The van der Waals surface area contributed by atoms with Crippen molar-refractivity contribution >= 4 is 5.57 Å². The fourth-order valence-electron chi connectivity index (χ4n) is 1.49. The van der Waals surface area contributed by atoms with Crippen molar-refractivity contribution in [2.24, 2.45) is 0 Å². The van der Waals surface area contributed by atoms with E-state index < -0.39 is 0 Å². The maximum absolute atomic E-state index is 9.03. The van der Waals surface area contributed by atoms with Crippen LogP contribution in [0.3, 0.4) is 0 Å². The normalized spacial score (nSPS) is 9.00. The van der Waals surface area contributed by atoms with E-state index in [0.29, 0.717) is 5.56 Å². The third-order valence-electron chi connectivity index (χ3n) is 2.36. The molecule has 0 bridgehead atoms. The number of allylic oxidation sites excluding steroid dienone is 1. The van der Waals surface area contributed by atoms with Gasteiger partial charge >= 0.3 is 0 Å². The molecule has 1 aromatic carbocycles. The van der Waals surface area contributed by atoms with Crippen LogP contribution in [0.5, 0.6) is 0 Å². The Morgan fingerprint density at radius 3 is 2.61 bits per heavy atom. The average Bonchev–Trinajstić information content (AvgIpc) is 2.94. The number of rotatable bonds is 2. The second-order valence-corrected chi connectivity index (χ2v) is 3.57. The summed E-state index contributed by atoms with van der Waals surface area (Å²) in [5, 5.41) is 13.2. The highest BCUT2D eigenvalue weighted by Crippen LogP contribution is 2.19. The van der Waals surface area contributed by atoms with Crippen molar-refractivity contribution in [3.63, 3.8) is 0 Å². The quantitative estimate of drug-likeness (QED) is 0.799. The number of hydrogen-bond acceptors (Lipinski definition) is 2. The van der Waals surface area contributed by atoms with Gasteiger partial charge in [0.25, 0.3) is 0 Å². The van der Waals surface area contributed by atoms with Crippen molar-refractivity contribution in [1.82, 2.24) is 9.78 Å². The minimum Gasteiger partial charge on any atom is -0.240 e. The molecule has 0 N–H and O–H groups in total. The van der Waals surface area contributed by atoms with Crippen LogP contribution >= 0.6 is 0 Å². The third-order valence-corrected chi connectivity index (χ3v) is 2.36. The first kappa shape index (κ1) is 13.7. The smallest absolute Gasteiger partial charge is 0.101 e.